The molecule has 39 heavy (non-hydrogen) atoms. The van der Waals surface area contributed by atoms with Crippen molar-refractivity contribution in [3.63, 3.8) is 0 Å². The highest BCUT2D eigenvalue weighted by atomic mass is 19.4. The van der Waals surface area contributed by atoms with E-state index in [1.54, 1.807) is 48.4 Å². The predicted molar refractivity (Wildman–Crippen MR) is 173 cm³/mol. The normalized spacial score (nSPS) is 14.8. The first kappa shape index (κ1) is 29.0. The number of alkyl halides is 3. The van der Waals surface area contributed by atoms with Gasteiger partial charge in [-0.05, 0) is 34.4 Å². The van der Waals surface area contributed by atoms with Crippen LogP contribution in [0.5, 0.6) is 11.5 Å². The number of fused-ring (bicyclic) bond motifs is 1. The number of rotatable bonds is 4. The summed E-state index contributed by atoms with van der Waals surface area (Å²) in [4.78, 5) is 25.0. The highest BCUT2D eigenvalue weighted by Crippen LogP contribution is 2.31. The number of ether oxygens (including phenoxy) is 2. The molecule has 1 aliphatic rings. The van der Waals surface area contributed by atoms with Gasteiger partial charge in [0.25, 0.3) is 5.91 Å². The van der Waals surface area contributed by atoms with Crippen LogP contribution < -0.4 is 48.0 Å². The number of carbonyl (C=O) groups is 1. The SMILES string of the molecule is Bc1nc(CN2C(=O)c3cc(-c4c(B)c(B)c(OC(F)(F)F)c(B)c4B)ccc3OCC2(B)B)nc(B)c1B. The van der Waals surface area contributed by atoms with E-state index in [9.17, 15) is 18.0 Å². The summed E-state index contributed by atoms with van der Waals surface area (Å²) in [5, 5.41) is -0.651. The van der Waals surface area contributed by atoms with Crippen molar-refractivity contribution in [2.24, 2.45) is 0 Å². The minimum Gasteiger partial charge on any atom is -0.492 e. The average molecular weight is 522 g/mol. The second kappa shape index (κ2) is 10.2. The summed E-state index contributed by atoms with van der Waals surface area (Å²) >= 11 is 0. The molecule has 4 rings (SSSR count). The zero-order valence-corrected chi connectivity index (χ0v) is 23.8. The fourth-order valence-corrected chi connectivity index (χ4v) is 5.05. The molecule has 0 spiro atoms. The van der Waals surface area contributed by atoms with Crippen molar-refractivity contribution in [3.8, 4) is 22.6 Å². The summed E-state index contributed by atoms with van der Waals surface area (Å²) in [7, 11) is 16.4. The Balaban J connectivity index is 1.81. The van der Waals surface area contributed by atoms with E-state index < -0.39 is 11.7 Å². The Morgan fingerprint density at radius 3 is 2.03 bits per heavy atom. The van der Waals surface area contributed by atoms with E-state index in [0.29, 0.717) is 44.6 Å². The topological polar surface area (TPSA) is 64.6 Å². The maximum absolute atomic E-state index is 14.0. The van der Waals surface area contributed by atoms with Gasteiger partial charge in [0.1, 0.15) is 72.2 Å². The van der Waals surface area contributed by atoms with Crippen molar-refractivity contribution in [3.05, 3.63) is 29.6 Å². The lowest BCUT2D eigenvalue weighted by Crippen LogP contribution is -2.55. The van der Waals surface area contributed by atoms with Gasteiger partial charge in [-0.25, -0.2) is 9.97 Å². The molecule has 1 amide bonds. The van der Waals surface area contributed by atoms with E-state index in [1.807, 2.05) is 45.3 Å². The number of nitrogens with zero attached hydrogens (tertiary/aromatic N) is 3. The van der Waals surface area contributed by atoms with Gasteiger partial charge in [-0.1, -0.05) is 33.4 Å². The zero-order valence-electron chi connectivity index (χ0n) is 23.8. The van der Waals surface area contributed by atoms with Crippen LogP contribution in [0.4, 0.5) is 13.2 Å². The Labute approximate surface area is 234 Å². The Hall–Kier alpha value is -3.04. The third-order valence-electron chi connectivity index (χ3n) is 7.81. The first-order chi connectivity index (χ1) is 18.0. The lowest BCUT2D eigenvalue weighted by atomic mass is 9.61. The standard InChI is InChI=1S/C21H25B9F3N3O3/c22-11-10(12(23)14(25)16(13(11)24)39-21(31,32)33)6-1-2-8-7(3-6)19(37)36(20(29,30)5-38-8)4-9-34-17(27)15(26)18(28)35-9/h1-3H,4-5,22-30H2. The zero-order chi connectivity index (χ0) is 29.0. The van der Waals surface area contributed by atoms with E-state index in [2.05, 4.69) is 14.7 Å². The summed E-state index contributed by atoms with van der Waals surface area (Å²) in [6.45, 7) is 0.481. The van der Waals surface area contributed by atoms with Crippen LogP contribution in [-0.2, 0) is 6.54 Å². The maximum atomic E-state index is 14.0. The lowest BCUT2D eigenvalue weighted by molar-refractivity contribution is -0.273. The van der Waals surface area contributed by atoms with Crippen LogP contribution in [-0.4, -0.2) is 110 Å². The average Bonchev–Trinajstić information content (AvgIpc) is 2.93. The molecule has 18 heteroatoms. The van der Waals surface area contributed by atoms with E-state index >= 15 is 0 Å². The highest BCUT2D eigenvalue weighted by Gasteiger charge is 2.38. The van der Waals surface area contributed by atoms with Crippen LogP contribution in [0.25, 0.3) is 11.1 Å². The van der Waals surface area contributed by atoms with Crippen LogP contribution in [0.1, 0.15) is 16.2 Å². The largest absolute Gasteiger partial charge is 0.573 e. The molecule has 190 valence electrons. The van der Waals surface area contributed by atoms with Crippen molar-refractivity contribution in [1.29, 1.82) is 0 Å². The summed E-state index contributed by atoms with van der Waals surface area (Å²) in [5.41, 5.74) is 6.69. The van der Waals surface area contributed by atoms with Crippen molar-refractivity contribution in [1.82, 2.24) is 14.9 Å². The Kier molecular flexibility index (Phi) is 7.55. The second-order valence-corrected chi connectivity index (χ2v) is 10.9. The minimum absolute atomic E-state index is 0.188. The molecule has 0 unspecified atom stereocenters. The van der Waals surface area contributed by atoms with Crippen LogP contribution in [0, 0.1) is 0 Å². The smallest absolute Gasteiger partial charge is 0.492 e. The van der Waals surface area contributed by atoms with Crippen molar-refractivity contribution in [2.45, 2.75) is 18.2 Å². The van der Waals surface area contributed by atoms with Crippen LogP contribution in [0.15, 0.2) is 18.2 Å². The molecule has 2 heterocycles. The molecule has 3 aromatic rings. The Morgan fingerprint density at radius 1 is 0.923 bits per heavy atom. The monoisotopic (exact) mass is 523 g/mol. The summed E-state index contributed by atoms with van der Waals surface area (Å²) in [6, 6.07) is 5.35. The number of benzene rings is 2. The molecule has 0 bridgehead atoms. The molecular weight excluding hydrogens is 497 g/mol. The molecule has 0 N–H and O–H groups in total. The van der Waals surface area contributed by atoms with Gasteiger partial charge in [-0.2, -0.15) is 0 Å². The van der Waals surface area contributed by atoms with Crippen LogP contribution >= 0.6 is 0 Å². The lowest BCUT2D eigenvalue weighted by Gasteiger charge is -2.36. The van der Waals surface area contributed by atoms with E-state index in [0.717, 1.165) is 22.2 Å². The van der Waals surface area contributed by atoms with Crippen molar-refractivity contribution >= 4 is 115 Å². The Bertz CT molecular complexity index is 1450. The van der Waals surface area contributed by atoms with E-state index in [4.69, 9.17) is 4.74 Å². The van der Waals surface area contributed by atoms with Gasteiger partial charge < -0.3 is 14.4 Å². The summed E-state index contributed by atoms with van der Waals surface area (Å²) in [6.07, 6.45) is -4.79. The first-order valence-corrected chi connectivity index (χ1v) is 12.8. The van der Waals surface area contributed by atoms with E-state index in [-0.39, 0.29) is 24.8 Å². The quantitative estimate of drug-likeness (QED) is 0.319. The minimum atomic E-state index is -4.79. The first-order valence-electron chi connectivity index (χ1n) is 12.8. The molecule has 0 saturated heterocycles. The van der Waals surface area contributed by atoms with Gasteiger partial charge in [-0.15, -0.1) is 13.2 Å². The van der Waals surface area contributed by atoms with Crippen molar-refractivity contribution in [2.75, 3.05) is 6.61 Å². The molecule has 1 aromatic heterocycles. The van der Waals surface area contributed by atoms with Gasteiger partial charge in [0, 0.05) is 5.34 Å². The summed E-state index contributed by atoms with van der Waals surface area (Å²) < 4.78 is 49.7. The molecule has 0 fully saturated rings. The molecule has 6 nitrogen and oxygen atoms in total. The fraction of sp³-hybridized carbons (Fsp3) is 0.190. The summed E-state index contributed by atoms with van der Waals surface area (Å²) in [5.74, 6) is 0.591. The third kappa shape index (κ3) is 5.52. The molecule has 2 aromatic carbocycles. The van der Waals surface area contributed by atoms with Gasteiger partial charge >= 0.3 is 6.36 Å². The van der Waals surface area contributed by atoms with Gasteiger partial charge in [0.2, 0.25) is 0 Å². The number of amides is 1. The third-order valence-corrected chi connectivity index (χ3v) is 7.81. The highest BCUT2D eigenvalue weighted by molar-refractivity contribution is 6.61. The number of aromatic nitrogens is 2. The maximum Gasteiger partial charge on any atom is 0.573 e. The fourth-order valence-electron chi connectivity index (χ4n) is 5.05. The molecule has 0 aliphatic carbocycles. The molecule has 0 atom stereocenters. The number of carbonyl (C=O) groups excluding carboxylic acids is 1. The number of halogens is 3. The van der Waals surface area contributed by atoms with Gasteiger partial charge in [-0.3, -0.25) is 4.79 Å². The van der Waals surface area contributed by atoms with E-state index in [1.165, 1.54) is 0 Å². The predicted octanol–water partition coefficient (Wildman–Crippen LogP) is -10.2. The van der Waals surface area contributed by atoms with Crippen LogP contribution in [0.2, 0.25) is 0 Å². The van der Waals surface area contributed by atoms with Crippen LogP contribution in [0.3, 0.4) is 0 Å². The number of hydrogen-bond acceptors (Lipinski definition) is 5. The Morgan fingerprint density at radius 2 is 1.49 bits per heavy atom. The molecule has 0 radical (unpaired) electrons. The molecular formula is C21H25B9F3N3O3. The van der Waals surface area contributed by atoms with Gasteiger partial charge in [0.05, 0.1) is 18.7 Å². The molecule has 0 saturated carbocycles. The van der Waals surface area contributed by atoms with Gasteiger partial charge in [0.15, 0.2) is 15.7 Å². The second-order valence-electron chi connectivity index (χ2n) is 10.9. The number of hydrogen-bond donors (Lipinski definition) is 0. The molecule has 1 aliphatic heterocycles. The van der Waals surface area contributed by atoms with Crippen molar-refractivity contribution < 1.29 is 27.4 Å².